The van der Waals surface area contributed by atoms with Crippen LogP contribution >= 0.6 is 22.9 Å². The van der Waals surface area contributed by atoms with Crippen LogP contribution in [0.15, 0.2) is 53.9 Å². The lowest BCUT2D eigenvalue weighted by atomic mass is 10.3. The Bertz CT molecular complexity index is 944. The van der Waals surface area contributed by atoms with Gasteiger partial charge >= 0.3 is 6.36 Å². The van der Waals surface area contributed by atoms with Gasteiger partial charge in [0.15, 0.2) is 5.13 Å². The maximum Gasteiger partial charge on any atom is 0.573 e. The van der Waals surface area contributed by atoms with Crippen LogP contribution < -0.4 is 15.4 Å². The molecular weight excluding hydrogens is 415 g/mol. The van der Waals surface area contributed by atoms with Gasteiger partial charge in [0.2, 0.25) is 5.91 Å². The summed E-state index contributed by atoms with van der Waals surface area (Å²) in [5, 5.41) is 8.53. The largest absolute Gasteiger partial charge is 0.573 e. The van der Waals surface area contributed by atoms with E-state index < -0.39 is 6.36 Å². The van der Waals surface area contributed by atoms with Crippen molar-refractivity contribution in [3.8, 4) is 5.75 Å². The molecular formula is C18H13ClF3N3O2S. The number of amides is 1. The van der Waals surface area contributed by atoms with Crippen LogP contribution in [0.5, 0.6) is 5.75 Å². The van der Waals surface area contributed by atoms with Crippen LogP contribution in [0.1, 0.15) is 5.69 Å². The molecule has 0 aliphatic heterocycles. The summed E-state index contributed by atoms with van der Waals surface area (Å²) in [6.07, 6.45) is -4.65. The van der Waals surface area contributed by atoms with Gasteiger partial charge in [-0.05, 0) is 48.5 Å². The minimum absolute atomic E-state index is 0.0825. The predicted molar refractivity (Wildman–Crippen MR) is 102 cm³/mol. The molecule has 1 amide bonds. The number of rotatable bonds is 6. The van der Waals surface area contributed by atoms with Crippen molar-refractivity contribution in [2.45, 2.75) is 12.8 Å². The molecule has 1 aromatic heterocycles. The Hall–Kier alpha value is -2.78. The Morgan fingerprint density at radius 3 is 2.36 bits per heavy atom. The lowest BCUT2D eigenvalue weighted by molar-refractivity contribution is -0.274. The lowest BCUT2D eigenvalue weighted by Crippen LogP contribution is -2.16. The summed E-state index contributed by atoms with van der Waals surface area (Å²) < 4.78 is 40.3. The molecule has 146 valence electrons. The number of carbonyl (C=O) groups excluding carboxylic acids is 1. The van der Waals surface area contributed by atoms with Crippen molar-refractivity contribution >= 4 is 45.4 Å². The van der Waals surface area contributed by atoms with Gasteiger partial charge in [0.05, 0.1) is 12.1 Å². The molecule has 1 heterocycles. The van der Waals surface area contributed by atoms with E-state index in [1.807, 2.05) is 0 Å². The summed E-state index contributed by atoms with van der Waals surface area (Å²) in [7, 11) is 0. The minimum atomic E-state index is -4.73. The molecule has 5 nitrogen and oxygen atoms in total. The van der Waals surface area contributed by atoms with Gasteiger partial charge in [-0.25, -0.2) is 4.98 Å². The van der Waals surface area contributed by atoms with Crippen LogP contribution in [0.4, 0.5) is 29.7 Å². The van der Waals surface area contributed by atoms with Gasteiger partial charge in [-0.15, -0.1) is 24.5 Å². The summed E-state index contributed by atoms with van der Waals surface area (Å²) in [5.74, 6) is -0.537. The first-order chi connectivity index (χ1) is 13.3. The molecule has 0 bridgehead atoms. The van der Waals surface area contributed by atoms with E-state index in [1.54, 1.807) is 29.6 Å². The quantitative estimate of drug-likeness (QED) is 0.536. The van der Waals surface area contributed by atoms with Crippen molar-refractivity contribution in [3.05, 3.63) is 64.6 Å². The van der Waals surface area contributed by atoms with Crippen molar-refractivity contribution in [3.63, 3.8) is 0 Å². The van der Waals surface area contributed by atoms with Crippen molar-refractivity contribution in [2.75, 3.05) is 10.6 Å². The van der Waals surface area contributed by atoms with E-state index in [2.05, 4.69) is 20.4 Å². The van der Waals surface area contributed by atoms with E-state index >= 15 is 0 Å². The molecule has 0 fully saturated rings. The molecule has 0 unspecified atom stereocenters. The zero-order valence-electron chi connectivity index (χ0n) is 14.1. The maximum atomic E-state index is 12.2. The average molecular weight is 428 g/mol. The number of carbonyl (C=O) groups is 1. The van der Waals surface area contributed by atoms with E-state index in [0.29, 0.717) is 27.2 Å². The fraction of sp³-hybridized carbons (Fsp3) is 0.111. The standard InChI is InChI=1S/C18H13ClF3N3O2S/c19-11-1-3-12(4-2-11)23-16(26)9-14-10-28-17(25-14)24-13-5-7-15(8-6-13)27-18(20,21)22/h1-8,10H,9H2,(H,23,26)(H,24,25). The van der Waals surface area contributed by atoms with Crippen LogP contribution in [-0.2, 0) is 11.2 Å². The smallest absolute Gasteiger partial charge is 0.406 e. The second kappa shape index (κ2) is 8.49. The highest BCUT2D eigenvalue weighted by Gasteiger charge is 2.30. The number of hydrogen-bond acceptors (Lipinski definition) is 5. The van der Waals surface area contributed by atoms with Gasteiger partial charge < -0.3 is 15.4 Å². The molecule has 0 aliphatic rings. The van der Waals surface area contributed by atoms with Crippen LogP contribution in [0.25, 0.3) is 0 Å². The second-order valence-electron chi connectivity index (χ2n) is 5.57. The summed E-state index contributed by atoms with van der Waals surface area (Å²) in [4.78, 5) is 16.4. The molecule has 2 N–H and O–H groups in total. The molecule has 0 spiro atoms. The maximum absolute atomic E-state index is 12.2. The van der Waals surface area contributed by atoms with Gasteiger partial charge in [0.1, 0.15) is 5.75 Å². The second-order valence-corrected chi connectivity index (χ2v) is 6.87. The van der Waals surface area contributed by atoms with Crippen molar-refractivity contribution in [1.29, 1.82) is 0 Å². The molecule has 0 saturated carbocycles. The highest BCUT2D eigenvalue weighted by atomic mass is 35.5. The van der Waals surface area contributed by atoms with Gasteiger partial charge in [-0.1, -0.05) is 11.6 Å². The number of ether oxygens (including phenoxy) is 1. The minimum Gasteiger partial charge on any atom is -0.406 e. The van der Waals surface area contributed by atoms with Gasteiger partial charge in [0.25, 0.3) is 0 Å². The third-order valence-electron chi connectivity index (χ3n) is 3.36. The van der Waals surface area contributed by atoms with Crippen LogP contribution in [-0.4, -0.2) is 17.3 Å². The number of benzene rings is 2. The number of nitrogens with zero attached hydrogens (tertiary/aromatic N) is 1. The Labute approximate surface area is 167 Å². The molecule has 0 atom stereocenters. The molecule has 2 aromatic carbocycles. The highest BCUT2D eigenvalue weighted by Crippen LogP contribution is 2.26. The molecule has 0 saturated heterocycles. The molecule has 10 heteroatoms. The first-order valence-corrected chi connectivity index (χ1v) is 9.15. The first kappa shape index (κ1) is 20.0. The Morgan fingerprint density at radius 1 is 1.07 bits per heavy atom. The first-order valence-electron chi connectivity index (χ1n) is 7.89. The SMILES string of the molecule is O=C(Cc1csc(Nc2ccc(OC(F)(F)F)cc2)n1)Nc1ccc(Cl)cc1. The zero-order valence-corrected chi connectivity index (χ0v) is 15.7. The Balaban J connectivity index is 1.55. The summed E-state index contributed by atoms with van der Waals surface area (Å²) in [6.45, 7) is 0. The monoisotopic (exact) mass is 427 g/mol. The number of anilines is 3. The predicted octanol–water partition coefficient (Wildman–Crippen LogP) is 5.62. The fourth-order valence-electron chi connectivity index (χ4n) is 2.21. The summed E-state index contributed by atoms with van der Waals surface area (Å²) in [6, 6.07) is 12.0. The topological polar surface area (TPSA) is 63.2 Å². The number of aromatic nitrogens is 1. The third kappa shape index (κ3) is 6.14. The van der Waals surface area contributed by atoms with Gasteiger partial charge in [-0.3, -0.25) is 4.79 Å². The number of thiazole rings is 1. The Morgan fingerprint density at radius 2 is 1.71 bits per heavy atom. The number of nitrogens with one attached hydrogen (secondary N) is 2. The van der Waals surface area contributed by atoms with E-state index in [0.717, 1.165) is 0 Å². The normalized spacial score (nSPS) is 11.1. The van der Waals surface area contributed by atoms with Crippen LogP contribution in [0.3, 0.4) is 0 Å². The summed E-state index contributed by atoms with van der Waals surface area (Å²) in [5.41, 5.74) is 1.74. The summed E-state index contributed by atoms with van der Waals surface area (Å²) >= 11 is 7.08. The van der Waals surface area contributed by atoms with Crippen molar-refractivity contribution in [1.82, 2.24) is 4.98 Å². The van der Waals surface area contributed by atoms with E-state index in [9.17, 15) is 18.0 Å². The van der Waals surface area contributed by atoms with E-state index in [-0.39, 0.29) is 18.1 Å². The number of alkyl halides is 3. The Kier molecular flexibility index (Phi) is 6.05. The number of hydrogen-bond donors (Lipinski definition) is 2. The van der Waals surface area contributed by atoms with Crippen LogP contribution in [0, 0.1) is 0 Å². The molecule has 0 radical (unpaired) electrons. The third-order valence-corrected chi connectivity index (χ3v) is 4.42. The highest BCUT2D eigenvalue weighted by molar-refractivity contribution is 7.13. The molecule has 3 aromatic rings. The molecule has 3 rings (SSSR count). The van der Waals surface area contributed by atoms with E-state index in [4.69, 9.17) is 11.6 Å². The molecule has 28 heavy (non-hydrogen) atoms. The average Bonchev–Trinajstić information content (AvgIpc) is 3.04. The fourth-order valence-corrected chi connectivity index (χ4v) is 3.07. The van der Waals surface area contributed by atoms with Crippen molar-refractivity contribution < 1.29 is 22.7 Å². The van der Waals surface area contributed by atoms with Crippen LogP contribution in [0.2, 0.25) is 5.02 Å². The van der Waals surface area contributed by atoms with Crippen molar-refractivity contribution in [2.24, 2.45) is 0 Å². The van der Waals surface area contributed by atoms with Gasteiger partial charge in [0, 0.05) is 21.8 Å². The van der Waals surface area contributed by atoms with E-state index in [1.165, 1.54) is 35.6 Å². The molecule has 0 aliphatic carbocycles. The number of halogens is 4. The lowest BCUT2D eigenvalue weighted by Gasteiger charge is -2.09. The van der Waals surface area contributed by atoms with Gasteiger partial charge in [-0.2, -0.15) is 0 Å². The zero-order chi connectivity index (χ0) is 20.1.